The van der Waals surface area contributed by atoms with Gasteiger partial charge in [-0.15, -0.1) is 11.8 Å². The summed E-state index contributed by atoms with van der Waals surface area (Å²) in [4.78, 5) is 16.9. The number of carboxylic acids is 1. The molecule has 24 heavy (non-hydrogen) atoms. The molecule has 0 saturated carbocycles. The summed E-state index contributed by atoms with van der Waals surface area (Å²) in [6.07, 6.45) is 0. The summed E-state index contributed by atoms with van der Waals surface area (Å²) in [7, 11) is 1.61. The van der Waals surface area contributed by atoms with E-state index in [4.69, 9.17) is 9.72 Å². The fourth-order valence-corrected chi connectivity index (χ4v) is 3.35. The number of benzene rings is 2. The number of hydrogen-bond donors (Lipinski definition) is 1. The van der Waals surface area contributed by atoms with Crippen LogP contribution in [0.3, 0.4) is 0 Å². The SMILES string of the molecule is COc1ccc2nc(-c3ccccc3)cc(S[C@H](C)C(=O)O)c2c1. The lowest BCUT2D eigenvalue weighted by atomic mass is 10.1. The van der Waals surface area contributed by atoms with E-state index >= 15 is 0 Å². The molecular weight excluding hydrogens is 322 g/mol. The van der Waals surface area contributed by atoms with Gasteiger partial charge in [0.2, 0.25) is 0 Å². The van der Waals surface area contributed by atoms with E-state index in [0.717, 1.165) is 32.8 Å². The second-order valence-corrected chi connectivity index (χ2v) is 6.74. The Hall–Kier alpha value is -2.53. The summed E-state index contributed by atoms with van der Waals surface area (Å²) < 4.78 is 5.29. The van der Waals surface area contributed by atoms with Crippen LogP contribution in [-0.4, -0.2) is 28.4 Å². The molecule has 0 aliphatic carbocycles. The van der Waals surface area contributed by atoms with Crippen molar-refractivity contribution in [2.45, 2.75) is 17.1 Å². The van der Waals surface area contributed by atoms with Crippen LogP contribution in [0.1, 0.15) is 6.92 Å². The Balaban J connectivity index is 2.17. The molecule has 4 nitrogen and oxygen atoms in total. The maximum Gasteiger partial charge on any atom is 0.316 e. The minimum Gasteiger partial charge on any atom is -0.497 e. The molecule has 0 saturated heterocycles. The van der Waals surface area contributed by atoms with E-state index in [0.29, 0.717) is 0 Å². The third-order valence-corrected chi connectivity index (χ3v) is 4.85. The number of carboxylic acid groups (broad SMARTS) is 1. The number of fused-ring (bicyclic) bond motifs is 1. The van der Waals surface area contributed by atoms with Crippen molar-refractivity contribution in [3.05, 3.63) is 54.6 Å². The zero-order valence-corrected chi connectivity index (χ0v) is 14.2. The first-order chi connectivity index (χ1) is 11.6. The van der Waals surface area contributed by atoms with Crippen molar-refractivity contribution in [2.75, 3.05) is 7.11 Å². The van der Waals surface area contributed by atoms with Crippen molar-refractivity contribution in [3.8, 4) is 17.0 Å². The molecule has 1 heterocycles. The molecular formula is C19H17NO3S. The molecule has 0 fully saturated rings. The highest BCUT2D eigenvalue weighted by Crippen LogP contribution is 2.35. The summed E-state index contributed by atoms with van der Waals surface area (Å²) >= 11 is 1.31. The molecule has 0 bridgehead atoms. The first-order valence-corrected chi connectivity index (χ1v) is 8.40. The number of rotatable bonds is 5. The van der Waals surface area contributed by atoms with Crippen molar-refractivity contribution < 1.29 is 14.6 Å². The molecule has 5 heteroatoms. The lowest BCUT2D eigenvalue weighted by Crippen LogP contribution is -2.11. The normalized spacial score (nSPS) is 12.1. The molecule has 1 N–H and O–H groups in total. The van der Waals surface area contributed by atoms with Crippen molar-refractivity contribution in [1.29, 1.82) is 0 Å². The van der Waals surface area contributed by atoms with Crippen LogP contribution in [0.2, 0.25) is 0 Å². The number of methoxy groups -OCH3 is 1. The Bertz CT molecular complexity index is 880. The third kappa shape index (κ3) is 3.36. The Morgan fingerprint density at radius 3 is 2.58 bits per heavy atom. The first-order valence-electron chi connectivity index (χ1n) is 7.52. The summed E-state index contributed by atoms with van der Waals surface area (Å²) in [5, 5.41) is 9.59. The van der Waals surface area contributed by atoms with Gasteiger partial charge in [0.05, 0.1) is 18.3 Å². The predicted octanol–water partition coefficient (Wildman–Crippen LogP) is 4.48. The van der Waals surface area contributed by atoms with E-state index in [1.165, 1.54) is 11.8 Å². The van der Waals surface area contributed by atoms with Crippen LogP contribution in [-0.2, 0) is 4.79 Å². The van der Waals surface area contributed by atoms with Gasteiger partial charge >= 0.3 is 5.97 Å². The molecule has 0 unspecified atom stereocenters. The van der Waals surface area contributed by atoms with Gasteiger partial charge in [-0.1, -0.05) is 30.3 Å². The Labute approximate surface area is 144 Å². The minimum absolute atomic E-state index is 0.551. The fourth-order valence-electron chi connectivity index (χ4n) is 2.40. The molecule has 1 aromatic heterocycles. The number of hydrogen-bond acceptors (Lipinski definition) is 4. The van der Waals surface area contributed by atoms with Crippen LogP contribution in [0.15, 0.2) is 59.5 Å². The highest BCUT2D eigenvalue weighted by molar-refractivity contribution is 8.00. The van der Waals surface area contributed by atoms with Gasteiger partial charge in [0.15, 0.2) is 0 Å². The van der Waals surface area contributed by atoms with Crippen molar-refractivity contribution in [2.24, 2.45) is 0 Å². The number of aromatic nitrogens is 1. The number of aliphatic carboxylic acids is 1. The lowest BCUT2D eigenvalue weighted by Gasteiger charge is -2.12. The summed E-state index contributed by atoms with van der Waals surface area (Å²) in [5.74, 6) is -0.115. The van der Waals surface area contributed by atoms with Crippen molar-refractivity contribution in [1.82, 2.24) is 4.98 Å². The van der Waals surface area contributed by atoms with Crippen LogP contribution in [0.5, 0.6) is 5.75 Å². The van der Waals surface area contributed by atoms with E-state index < -0.39 is 11.2 Å². The van der Waals surface area contributed by atoms with Gasteiger partial charge in [-0.2, -0.15) is 0 Å². The van der Waals surface area contributed by atoms with Gasteiger partial charge in [0, 0.05) is 15.8 Å². The number of carbonyl (C=O) groups is 1. The zero-order chi connectivity index (χ0) is 17.1. The minimum atomic E-state index is -0.839. The molecule has 0 spiro atoms. The fraction of sp³-hybridized carbons (Fsp3) is 0.158. The molecule has 0 aliphatic rings. The second kappa shape index (κ2) is 6.93. The number of pyridine rings is 1. The van der Waals surface area contributed by atoms with E-state index in [1.807, 2.05) is 54.6 Å². The maximum absolute atomic E-state index is 11.3. The second-order valence-electron chi connectivity index (χ2n) is 5.35. The van der Waals surface area contributed by atoms with Gasteiger partial charge in [-0.25, -0.2) is 4.98 Å². The maximum atomic E-state index is 11.3. The van der Waals surface area contributed by atoms with Gasteiger partial charge < -0.3 is 9.84 Å². The molecule has 1 atom stereocenters. The molecule has 3 aromatic rings. The smallest absolute Gasteiger partial charge is 0.316 e. The quantitative estimate of drug-likeness (QED) is 0.695. The van der Waals surface area contributed by atoms with Crippen LogP contribution in [0.4, 0.5) is 0 Å². The average molecular weight is 339 g/mol. The van der Waals surface area contributed by atoms with E-state index in [-0.39, 0.29) is 0 Å². The number of nitrogens with zero attached hydrogens (tertiary/aromatic N) is 1. The average Bonchev–Trinajstić information content (AvgIpc) is 2.61. The van der Waals surface area contributed by atoms with Crippen LogP contribution >= 0.6 is 11.8 Å². The van der Waals surface area contributed by atoms with E-state index in [1.54, 1.807) is 14.0 Å². The Morgan fingerprint density at radius 2 is 1.92 bits per heavy atom. The molecule has 3 rings (SSSR count). The van der Waals surface area contributed by atoms with E-state index in [9.17, 15) is 9.90 Å². The van der Waals surface area contributed by atoms with Crippen LogP contribution < -0.4 is 4.74 Å². The summed E-state index contributed by atoms with van der Waals surface area (Å²) in [6, 6.07) is 17.5. The first kappa shape index (κ1) is 16.3. The number of ether oxygens (including phenoxy) is 1. The monoisotopic (exact) mass is 339 g/mol. The van der Waals surface area contributed by atoms with Crippen LogP contribution in [0.25, 0.3) is 22.2 Å². The molecule has 122 valence electrons. The highest BCUT2D eigenvalue weighted by Gasteiger charge is 2.16. The summed E-state index contributed by atoms with van der Waals surface area (Å²) in [6.45, 7) is 1.68. The Morgan fingerprint density at radius 1 is 1.17 bits per heavy atom. The van der Waals surface area contributed by atoms with Crippen molar-refractivity contribution in [3.63, 3.8) is 0 Å². The van der Waals surface area contributed by atoms with Crippen molar-refractivity contribution >= 4 is 28.6 Å². The van der Waals surface area contributed by atoms with Gasteiger partial charge in [-0.3, -0.25) is 4.79 Å². The molecule has 0 aliphatic heterocycles. The van der Waals surface area contributed by atoms with Gasteiger partial charge in [0.25, 0.3) is 0 Å². The molecule has 0 radical (unpaired) electrons. The van der Waals surface area contributed by atoms with Crippen LogP contribution in [0, 0.1) is 0 Å². The van der Waals surface area contributed by atoms with Gasteiger partial charge in [0.1, 0.15) is 11.0 Å². The Kier molecular flexibility index (Phi) is 4.71. The molecule has 0 amide bonds. The third-order valence-electron chi connectivity index (χ3n) is 3.70. The standard InChI is InChI=1S/C19H17NO3S/c1-12(19(21)22)24-18-11-17(13-6-4-3-5-7-13)20-16-9-8-14(23-2)10-15(16)18/h3-12H,1-2H3,(H,21,22)/t12-/m1/s1. The topological polar surface area (TPSA) is 59.4 Å². The lowest BCUT2D eigenvalue weighted by molar-refractivity contribution is -0.136. The predicted molar refractivity (Wildman–Crippen MR) is 96.7 cm³/mol. The van der Waals surface area contributed by atoms with E-state index in [2.05, 4.69) is 0 Å². The number of thioether (sulfide) groups is 1. The molecule has 2 aromatic carbocycles. The highest BCUT2D eigenvalue weighted by atomic mass is 32.2. The largest absolute Gasteiger partial charge is 0.497 e. The summed E-state index contributed by atoms with van der Waals surface area (Å²) in [5.41, 5.74) is 2.64. The van der Waals surface area contributed by atoms with Gasteiger partial charge in [-0.05, 0) is 31.2 Å². The zero-order valence-electron chi connectivity index (χ0n) is 13.4.